The fraction of sp³-hybridized carbons (Fsp3) is 0.562. The van der Waals surface area contributed by atoms with E-state index in [-0.39, 0.29) is 18.3 Å². The minimum atomic E-state index is 0. The van der Waals surface area contributed by atoms with Gasteiger partial charge in [0.2, 0.25) is 0 Å². The Balaban J connectivity index is 0.00000192. The summed E-state index contributed by atoms with van der Waals surface area (Å²) in [5, 5.41) is 3.38. The van der Waals surface area contributed by atoms with Crippen LogP contribution in [0.4, 0.5) is 0 Å². The lowest BCUT2D eigenvalue weighted by Gasteiger charge is -2.32. The molecule has 3 rings (SSSR count). The lowest BCUT2D eigenvalue weighted by atomic mass is 10.2. The third kappa shape index (κ3) is 4.18. The summed E-state index contributed by atoms with van der Waals surface area (Å²) in [5.41, 5.74) is 0.716. The largest absolute Gasteiger partial charge is 0.496 e. The number of hydrogen-bond donors (Lipinski definition) is 1. The lowest BCUT2D eigenvalue weighted by Crippen LogP contribution is -2.49. The van der Waals surface area contributed by atoms with Crippen molar-refractivity contribution in [1.29, 1.82) is 0 Å². The SMILES string of the molecule is COc1ccc(C(=O)N2CCC(N3CCNCC3)C2)cc1Br.Cl. The summed E-state index contributed by atoms with van der Waals surface area (Å²) >= 11 is 3.45. The summed E-state index contributed by atoms with van der Waals surface area (Å²) in [5.74, 6) is 0.859. The van der Waals surface area contributed by atoms with Crippen molar-refractivity contribution in [2.45, 2.75) is 12.5 Å². The first-order valence-corrected chi connectivity index (χ1v) is 8.56. The smallest absolute Gasteiger partial charge is 0.253 e. The van der Waals surface area contributed by atoms with Crippen LogP contribution in [0.5, 0.6) is 5.75 Å². The van der Waals surface area contributed by atoms with Gasteiger partial charge in [-0.15, -0.1) is 12.4 Å². The molecule has 0 spiro atoms. The maximum absolute atomic E-state index is 12.7. The molecule has 2 saturated heterocycles. The van der Waals surface area contributed by atoms with Gasteiger partial charge in [-0.3, -0.25) is 9.69 Å². The predicted molar refractivity (Wildman–Crippen MR) is 96.7 cm³/mol. The number of carbonyl (C=O) groups excluding carboxylic acids is 1. The van der Waals surface area contributed by atoms with Crippen LogP contribution in [0, 0.1) is 0 Å². The van der Waals surface area contributed by atoms with Crippen molar-refractivity contribution in [2.75, 3.05) is 46.4 Å². The second-order valence-corrected chi connectivity index (χ2v) is 6.68. The lowest BCUT2D eigenvalue weighted by molar-refractivity contribution is 0.0773. The molecule has 128 valence electrons. The number of nitrogens with zero attached hydrogens (tertiary/aromatic N) is 2. The van der Waals surface area contributed by atoms with Gasteiger partial charge in [-0.2, -0.15) is 0 Å². The van der Waals surface area contributed by atoms with Crippen LogP contribution in [0.15, 0.2) is 22.7 Å². The van der Waals surface area contributed by atoms with Gasteiger partial charge in [0.1, 0.15) is 5.75 Å². The fourth-order valence-electron chi connectivity index (χ4n) is 3.25. The van der Waals surface area contributed by atoms with E-state index in [1.165, 1.54) is 0 Å². The predicted octanol–water partition coefficient (Wildman–Crippen LogP) is 2.00. The molecule has 7 heteroatoms. The molecule has 0 aliphatic carbocycles. The van der Waals surface area contributed by atoms with E-state index in [2.05, 4.69) is 26.1 Å². The van der Waals surface area contributed by atoms with Gasteiger partial charge >= 0.3 is 0 Å². The van der Waals surface area contributed by atoms with Gasteiger partial charge in [-0.25, -0.2) is 0 Å². The van der Waals surface area contributed by atoms with Crippen LogP contribution in [0.3, 0.4) is 0 Å². The molecule has 1 atom stereocenters. The quantitative estimate of drug-likeness (QED) is 0.837. The minimum absolute atomic E-state index is 0. The molecule has 5 nitrogen and oxygen atoms in total. The highest BCUT2D eigenvalue weighted by atomic mass is 79.9. The fourth-order valence-corrected chi connectivity index (χ4v) is 3.79. The summed E-state index contributed by atoms with van der Waals surface area (Å²) < 4.78 is 6.04. The number of nitrogens with one attached hydrogen (secondary N) is 1. The van der Waals surface area contributed by atoms with Gasteiger partial charge < -0.3 is 15.0 Å². The van der Waals surface area contributed by atoms with Crippen LogP contribution < -0.4 is 10.1 Å². The Bertz CT molecular complexity index is 552. The maximum atomic E-state index is 12.7. The van der Waals surface area contributed by atoms with E-state index in [0.29, 0.717) is 11.6 Å². The molecule has 1 N–H and O–H groups in total. The third-order valence-corrected chi connectivity index (χ3v) is 5.14. The number of benzene rings is 1. The number of rotatable bonds is 3. The molecule has 2 heterocycles. The Labute approximate surface area is 151 Å². The highest BCUT2D eigenvalue weighted by Crippen LogP contribution is 2.27. The molecule has 0 radical (unpaired) electrons. The molecule has 2 aliphatic rings. The van der Waals surface area contributed by atoms with E-state index in [9.17, 15) is 4.79 Å². The molecule has 2 fully saturated rings. The summed E-state index contributed by atoms with van der Waals surface area (Å²) in [4.78, 5) is 17.1. The van der Waals surface area contributed by atoms with Crippen LogP contribution in [-0.4, -0.2) is 68.1 Å². The van der Waals surface area contributed by atoms with Gasteiger partial charge in [-0.05, 0) is 40.5 Å². The van der Waals surface area contributed by atoms with E-state index in [0.717, 1.165) is 55.9 Å². The first kappa shape index (κ1) is 18.5. The van der Waals surface area contributed by atoms with E-state index >= 15 is 0 Å². The third-order valence-electron chi connectivity index (χ3n) is 4.52. The molecule has 0 bridgehead atoms. The number of likely N-dealkylation sites (tertiary alicyclic amines) is 1. The van der Waals surface area contributed by atoms with Gasteiger partial charge in [0, 0.05) is 50.9 Å². The average Bonchev–Trinajstić information content (AvgIpc) is 3.05. The second-order valence-electron chi connectivity index (χ2n) is 5.83. The van der Waals surface area contributed by atoms with Crippen molar-refractivity contribution < 1.29 is 9.53 Å². The molecular weight excluding hydrogens is 382 g/mol. The van der Waals surface area contributed by atoms with E-state index < -0.39 is 0 Å². The zero-order chi connectivity index (χ0) is 15.5. The molecule has 1 amide bonds. The molecule has 1 aromatic rings. The van der Waals surface area contributed by atoms with Gasteiger partial charge in [0.25, 0.3) is 5.91 Å². The molecular formula is C16H23BrClN3O2. The Morgan fingerprint density at radius 3 is 2.70 bits per heavy atom. The number of hydrogen-bond acceptors (Lipinski definition) is 4. The first-order valence-electron chi connectivity index (χ1n) is 7.76. The molecule has 1 unspecified atom stereocenters. The van der Waals surface area contributed by atoms with Crippen LogP contribution in [-0.2, 0) is 0 Å². The normalized spacial score (nSPS) is 21.8. The maximum Gasteiger partial charge on any atom is 0.253 e. The van der Waals surface area contributed by atoms with E-state index in [1.807, 2.05) is 23.1 Å². The van der Waals surface area contributed by atoms with Gasteiger partial charge in [-0.1, -0.05) is 0 Å². The average molecular weight is 405 g/mol. The molecule has 0 saturated carbocycles. The number of methoxy groups -OCH3 is 1. The van der Waals surface area contributed by atoms with Crippen LogP contribution in [0.2, 0.25) is 0 Å². The van der Waals surface area contributed by atoms with E-state index in [1.54, 1.807) is 7.11 Å². The zero-order valence-electron chi connectivity index (χ0n) is 13.3. The van der Waals surface area contributed by atoms with Crippen molar-refractivity contribution in [3.63, 3.8) is 0 Å². The van der Waals surface area contributed by atoms with Crippen molar-refractivity contribution in [3.8, 4) is 5.75 Å². The van der Waals surface area contributed by atoms with Crippen LogP contribution in [0.1, 0.15) is 16.8 Å². The van der Waals surface area contributed by atoms with Crippen LogP contribution >= 0.6 is 28.3 Å². The van der Waals surface area contributed by atoms with Crippen molar-refractivity contribution in [2.24, 2.45) is 0 Å². The molecule has 0 aromatic heterocycles. The number of amides is 1. The minimum Gasteiger partial charge on any atom is -0.496 e. The standard InChI is InChI=1S/C16H22BrN3O2.ClH/c1-22-15-3-2-12(10-14(15)17)16(21)20-7-4-13(11-20)19-8-5-18-6-9-19;/h2-3,10,13,18H,4-9,11H2,1H3;1H. The topological polar surface area (TPSA) is 44.8 Å². The Morgan fingerprint density at radius 2 is 2.04 bits per heavy atom. The summed E-state index contributed by atoms with van der Waals surface area (Å²) in [7, 11) is 1.63. The number of ether oxygens (including phenoxy) is 1. The van der Waals surface area contributed by atoms with Gasteiger partial charge in [0.05, 0.1) is 11.6 Å². The highest BCUT2D eigenvalue weighted by Gasteiger charge is 2.31. The number of halogens is 2. The van der Waals surface area contributed by atoms with Crippen molar-refractivity contribution in [1.82, 2.24) is 15.1 Å². The second kappa shape index (κ2) is 8.33. The summed E-state index contributed by atoms with van der Waals surface area (Å²) in [6.07, 6.45) is 1.07. The Morgan fingerprint density at radius 1 is 1.30 bits per heavy atom. The number of carbonyl (C=O) groups is 1. The van der Waals surface area contributed by atoms with Crippen LogP contribution in [0.25, 0.3) is 0 Å². The van der Waals surface area contributed by atoms with Crippen molar-refractivity contribution in [3.05, 3.63) is 28.2 Å². The molecule has 23 heavy (non-hydrogen) atoms. The summed E-state index contributed by atoms with van der Waals surface area (Å²) in [6.45, 7) is 5.95. The first-order chi connectivity index (χ1) is 10.7. The zero-order valence-corrected chi connectivity index (χ0v) is 15.7. The highest BCUT2D eigenvalue weighted by molar-refractivity contribution is 9.10. The molecule has 1 aromatic carbocycles. The monoisotopic (exact) mass is 403 g/mol. The Kier molecular flexibility index (Phi) is 6.71. The number of piperazine rings is 1. The van der Waals surface area contributed by atoms with Gasteiger partial charge in [0.15, 0.2) is 0 Å². The van der Waals surface area contributed by atoms with E-state index in [4.69, 9.17) is 4.74 Å². The Hall–Kier alpha value is -0.820. The summed E-state index contributed by atoms with van der Waals surface area (Å²) in [6, 6.07) is 6.03. The molecule has 2 aliphatic heterocycles. The van der Waals surface area contributed by atoms with Crippen molar-refractivity contribution >= 4 is 34.2 Å².